The Balaban J connectivity index is 1.88. The molecule has 0 atom stereocenters. The largest absolute Gasteiger partial charge is 0.497 e. The molecule has 7 heteroatoms. The lowest BCUT2D eigenvalue weighted by atomic mass is 10.1. The van der Waals surface area contributed by atoms with Crippen molar-refractivity contribution in [2.45, 2.75) is 0 Å². The van der Waals surface area contributed by atoms with Crippen molar-refractivity contribution in [3.8, 4) is 11.8 Å². The highest BCUT2D eigenvalue weighted by Crippen LogP contribution is 2.17. The summed E-state index contributed by atoms with van der Waals surface area (Å²) in [4.78, 5) is 26.2. The summed E-state index contributed by atoms with van der Waals surface area (Å²) < 4.78 is 5.05. The molecule has 0 aromatic heterocycles. The fraction of sp³-hybridized carbons (Fsp3) is 0.250. The minimum Gasteiger partial charge on any atom is -0.497 e. The van der Waals surface area contributed by atoms with Gasteiger partial charge in [-0.15, -0.1) is 0 Å². The van der Waals surface area contributed by atoms with Gasteiger partial charge in [0, 0.05) is 44.0 Å². The number of amides is 2. The molecule has 140 valence electrons. The zero-order valence-corrected chi connectivity index (χ0v) is 15.6. The lowest BCUT2D eigenvalue weighted by Gasteiger charge is -2.14. The van der Waals surface area contributed by atoms with Crippen LogP contribution in [0.2, 0.25) is 0 Å². The van der Waals surface area contributed by atoms with Crippen LogP contribution >= 0.6 is 0 Å². The van der Waals surface area contributed by atoms with E-state index < -0.39 is 0 Å². The summed E-state index contributed by atoms with van der Waals surface area (Å²) in [6.45, 7) is 0.559. The van der Waals surface area contributed by atoms with E-state index in [2.05, 4.69) is 16.7 Å². The van der Waals surface area contributed by atoms with Crippen LogP contribution in [0.15, 0.2) is 42.5 Å². The molecule has 0 spiro atoms. The van der Waals surface area contributed by atoms with Gasteiger partial charge in [-0.25, -0.2) is 0 Å². The first-order valence-corrected chi connectivity index (χ1v) is 8.37. The number of carbonyl (C=O) groups is 2. The monoisotopic (exact) mass is 366 g/mol. The van der Waals surface area contributed by atoms with E-state index in [1.54, 1.807) is 43.5 Å². The summed E-state index contributed by atoms with van der Waals surface area (Å²) in [5, 5.41) is 14.6. The first kappa shape index (κ1) is 19.8. The number of carbonyl (C=O) groups excluding carboxylic acids is 2. The van der Waals surface area contributed by atoms with Gasteiger partial charge in [-0.05, 0) is 42.5 Å². The number of nitriles is 1. The van der Waals surface area contributed by atoms with Crippen molar-refractivity contribution < 1.29 is 14.3 Å². The molecule has 0 aliphatic carbocycles. The molecule has 0 saturated carbocycles. The van der Waals surface area contributed by atoms with Gasteiger partial charge in [0.25, 0.3) is 11.8 Å². The average molecular weight is 366 g/mol. The van der Waals surface area contributed by atoms with Gasteiger partial charge in [-0.3, -0.25) is 9.59 Å². The van der Waals surface area contributed by atoms with E-state index in [1.165, 1.54) is 6.07 Å². The van der Waals surface area contributed by atoms with Gasteiger partial charge in [0.15, 0.2) is 0 Å². The number of ether oxygens (including phenoxy) is 1. The van der Waals surface area contributed by atoms with Gasteiger partial charge in [0.1, 0.15) is 5.75 Å². The number of hydrogen-bond donors (Lipinski definition) is 2. The Morgan fingerprint density at radius 2 is 1.59 bits per heavy atom. The van der Waals surface area contributed by atoms with Crippen LogP contribution in [0.4, 0.5) is 5.69 Å². The van der Waals surface area contributed by atoms with E-state index in [0.717, 1.165) is 5.69 Å². The second-order valence-electron chi connectivity index (χ2n) is 6.02. The van der Waals surface area contributed by atoms with Crippen LogP contribution in [0, 0.1) is 11.3 Å². The van der Waals surface area contributed by atoms with E-state index in [0.29, 0.717) is 22.4 Å². The van der Waals surface area contributed by atoms with Gasteiger partial charge in [0.05, 0.1) is 18.7 Å². The van der Waals surface area contributed by atoms with Crippen molar-refractivity contribution in [2.24, 2.45) is 0 Å². The van der Waals surface area contributed by atoms with Crippen LogP contribution in [-0.4, -0.2) is 46.1 Å². The van der Waals surface area contributed by atoms with E-state index in [9.17, 15) is 9.59 Å². The predicted octanol–water partition coefficient (Wildman–Crippen LogP) is 1.79. The van der Waals surface area contributed by atoms with Crippen LogP contribution in [0.1, 0.15) is 26.3 Å². The molecule has 2 rings (SSSR count). The molecule has 0 unspecified atom stereocenters. The Morgan fingerprint density at radius 3 is 2.11 bits per heavy atom. The summed E-state index contributed by atoms with van der Waals surface area (Å²) in [6.07, 6.45) is 0. The third-order valence-corrected chi connectivity index (χ3v) is 3.87. The molecule has 7 nitrogen and oxygen atoms in total. The highest BCUT2D eigenvalue weighted by atomic mass is 16.5. The van der Waals surface area contributed by atoms with Crippen molar-refractivity contribution in [1.29, 1.82) is 5.26 Å². The minimum absolute atomic E-state index is 0.228. The first-order chi connectivity index (χ1) is 12.9. The minimum atomic E-state index is -0.297. The average Bonchev–Trinajstić information content (AvgIpc) is 2.70. The Bertz CT molecular complexity index is 855. The summed E-state index contributed by atoms with van der Waals surface area (Å²) in [5.41, 5.74) is 2.10. The molecule has 0 saturated heterocycles. The maximum Gasteiger partial charge on any atom is 0.251 e. The van der Waals surface area contributed by atoms with Crippen LogP contribution in [0.5, 0.6) is 5.75 Å². The molecule has 0 aliphatic rings. The lowest BCUT2D eigenvalue weighted by Crippen LogP contribution is -2.34. The Hall–Kier alpha value is -3.53. The van der Waals surface area contributed by atoms with E-state index in [4.69, 9.17) is 10.00 Å². The third kappa shape index (κ3) is 5.47. The number of methoxy groups -OCH3 is 1. The number of nitrogens with one attached hydrogen (secondary N) is 2. The lowest BCUT2D eigenvalue weighted by molar-refractivity contribution is 0.0927. The molecule has 2 aromatic carbocycles. The molecule has 2 N–H and O–H groups in total. The molecule has 2 amide bonds. The van der Waals surface area contributed by atoms with Crippen LogP contribution in [-0.2, 0) is 0 Å². The number of hydrogen-bond acceptors (Lipinski definition) is 5. The Morgan fingerprint density at radius 1 is 1.00 bits per heavy atom. The molecule has 0 aliphatic heterocycles. The normalized spacial score (nSPS) is 9.85. The van der Waals surface area contributed by atoms with Crippen molar-refractivity contribution in [3.05, 3.63) is 59.2 Å². The Labute approximate surface area is 158 Å². The SMILES string of the molecule is COc1ccc(C(=O)NCCNC(=O)c2cc(C#N)cc(N(C)C)c2)cc1. The molecule has 27 heavy (non-hydrogen) atoms. The fourth-order valence-corrected chi connectivity index (χ4v) is 2.36. The standard InChI is InChI=1S/C20H22N4O3/c1-24(2)17-11-14(13-21)10-16(12-17)20(26)23-9-8-22-19(25)15-4-6-18(27-3)7-5-15/h4-7,10-12H,8-9H2,1-3H3,(H,22,25)(H,23,26). The van der Waals surface area contributed by atoms with E-state index in [1.807, 2.05) is 19.0 Å². The van der Waals surface area contributed by atoms with Gasteiger partial charge >= 0.3 is 0 Å². The molecular weight excluding hydrogens is 344 g/mol. The molecular formula is C20H22N4O3. The predicted molar refractivity (Wildman–Crippen MR) is 103 cm³/mol. The molecule has 2 aromatic rings. The van der Waals surface area contributed by atoms with Gasteiger partial charge in [0.2, 0.25) is 0 Å². The molecule has 0 radical (unpaired) electrons. The van der Waals surface area contributed by atoms with Gasteiger partial charge in [-0.1, -0.05) is 0 Å². The highest BCUT2D eigenvalue weighted by Gasteiger charge is 2.10. The topological polar surface area (TPSA) is 94.5 Å². The maximum atomic E-state index is 12.3. The second kappa shape index (κ2) is 9.25. The smallest absolute Gasteiger partial charge is 0.251 e. The number of rotatable bonds is 7. The fourth-order valence-electron chi connectivity index (χ4n) is 2.36. The van der Waals surface area contributed by atoms with Crippen LogP contribution in [0.25, 0.3) is 0 Å². The van der Waals surface area contributed by atoms with Crippen molar-refractivity contribution in [2.75, 3.05) is 39.2 Å². The number of anilines is 1. The zero-order chi connectivity index (χ0) is 19.8. The summed E-state index contributed by atoms with van der Waals surface area (Å²) >= 11 is 0. The van der Waals surface area contributed by atoms with E-state index in [-0.39, 0.29) is 24.9 Å². The first-order valence-electron chi connectivity index (χ1n) is 8.37. The molecule has 0 fully saturated rings. The highest BCUT2D eigenvalue weighted by molar-refractivity contribution is 5.96. The second-order valence-corrected chi connectivity index (χ2v) is 6.02. The zero-order valence-electron chi connectivity index (χ0n) is 15.6. The van der Waals surface area contributed by atoms with Crippen molar-refractivity contribution >= 4 is 17.5 Å². The quantitative estimate of drug-likeness (QED) is 0.729. The van der Waals surface area contributed by atoms with Crippen LogP contribution < -0.4 is 20.3 Å². The summed E-state index contributed by atoms with van der Waals surface area (Å²) in [6, 6.07) is 13.8. The number of nitrogens with zero attached hydrogens (tertiary/aromatic N) is 2. The van der Waals surface area contributed by atoms with Gasteiger partial charge in [-0.2, -0.15) is 5.26 Å². The van der Waals surface area contributed by atoms with Crippen molar-refractivity contribution in [1.82, 2.24) is 10.6 Å². The van der Waals surface area contributed by atoms with E-state index >= 15 is 0 Å². The Kier molecular flexibility index (Phi) is 6.78. The van der Waals surface area contributed by atoms with Crippen molar-refractivity contribution in [3.63, 3.8) is 0 Å². The summed E-state index contributed by atoms with van der Waals surface area (Å²) in [7, 11) is 5.24. The molecule has 0 heterocycles. The maximum absolute atomic E-state index is 12.3. The van der Waals surface area contributed by atoms with Gasteiger partial charge < -0.3 is 20.3 Å². The van der Waals surface area contributed by atoms with Crippen LogP contribution in [0.3, 0.4) is 0 Å². The number of benzene rings is 2. The third-order valence-electron chi connectivity index (χ3n) is 3.87. The summed E-state index contributed by atoms with van der Waals surface area (Å²) in [5.74, 6) is 0.151. The molecule has 0 bridgehead atoms.